The van der Waals surface area contributed by atoms with E-state index in [2.05, 4.69) is 0 Å². The normalized spacial score (nSPS) is 21.8. The first-order valence-corrected chi connectivity index (χ1v) is 13.1. The lowest BCUT2D eigenvalue weighted by atomic mass is 9.81. The van der Waals surface area contributed by atoms with Crippen LogP contribution in [0, 0.1) is 0 Å². The van der Waals surface area contributed by atoms with Gasteiger partial charge in [-0.15, -0.1) is 0 Å². The van der Waals surface area contributed by atoms with Crippen molar-refractivity contribution in [1.82, 2.24) is 4.90 Å². The number of likely N-dealkylation sites (N-methyl/N-ethyl adjacent to an activating group) is 1. The Hall–Kier alpha value is -3.95. The third kappa shape index (κ3) is 3.49. The number of nitrogens with one attached hydrogen (secondary N) is 1. The molecule has 38 heavy (non-hydrogen) atoms. The van der Waals surface area contributed by atoms with Crippen molar-refractivity contribution in [1.29, 1.82) is 0 Å². The number of anilines is 1. The molecule has 3 aliphatic rings. The summed E-state index contributed by atoms with van der Waals surface area (Å²) in [4.78, 5) is 46.3. The second-order valence-electron chi connectivity index (χ2n) is 9.90. The number of benzene rings is 2. The topological polar surface area (TPSA) is 105 Å². The number of ketones is 1. The van der Waals surface area contributed by atoms with Crippen LogP contribution in [0.25, 0.3) is 11.0 Å². The summed E-state index contributed by atoms with van der Waals surface area (Å²) in [7, 11) is 0. The predicted octanol–water partition coefficient (Wildman–Crippen LogP) is 1.84. The van der Waals surface area contributed by atoms with E-state index >= 15 is 0 Å². The average molecular weight is 517 g/mol. The molecule has 9 nitrogen and oxygen atoms in total. The van der Waals surface area contributed by atoms with Crippen LogP contribution in [0.5, 0.6) is 0 Å². The van der Waals surface area contributed by atoms with E-state index in [-0.39, 0.29) is 17.9 Å². The van der Waals surface area contributed by atoms with E-state index in [1.54, 1.807) is 35.2 Å². The first-order chi connectivity index (χ1) is 18.5. The number of amides is 2. The number of hydrogen-bond donors (Lipinski definition) is 2. The summed E-state index contributed by atoms with van der Waals surface area (Å²) in [5.74, 6) is -2.54. The molecular formula is C29H30N3O6+. The third-order valence-corrected chi connectivity index (χ3v) is 7.90. The van der Waals surface area contributed by atoms with Gasteiger partial charge in [-0.05, 0) is 25.1 Å². The number of nitrogens with zero attached hydrogens (tertiary/aromatic N) is 2. The molecule has 2 amide bonds. The second-order valence-corrected chi connectivity index (χ2v) is 9.90. The molecule has 1 saturated heterocycles. The number of morpholine rings is 1. The molecule has 0 saturated carbocycles. The minimum absolute atomic E-state index is 0.0280. The lowest BCUT2D eigenvalue weighted by Gasteiger charge is -2.36. The van der Waals surface area contributed by atoms with Gasteiger partial charge in [-0.25, -0.2) is 0 Å². The van der Waals surface area contributed by atoms with Crippen LogP contribution in [-0.2, 0) is 19.9 Å². The molecule has 3 aliphatic heterocycles. The van der Waals surface area contributed by atoms with Crippen LogP contribution in [0.4, 0.5) is 5.69 Å². The third-order valence-electron chi connectivity index (χ3n) is 7.90. The van der Waals surface area contributed by atoms with Crippen LogP contribution in [-0.4, -0.2) is 73.5 Å². The number of para-hydroxylation sites is 2. The van der Waals surface area contributed by atoms with Gasteiger partial charge in [-0.3, -0.25) is 14.4 Å². The van der Waals surface area contributed by atoms with Gasteiger partial charge in [-0.1, -0.05) is 36.4 Å². The zero-order valence-corrected chi connectivity index (χ0v) is 21.2. The van der Waals surface area contributed by atoms with E-state index in [4.69, 9.17) is 9.15 Å². The highest BCUT2D eigenvalue weighted by molar-refractivity contribution is 6.26. The standard InChI is InChI=1S/C29H29N3O6/c1-2-31-21-10-5-4-9-20(21)29(28(31)36)24(25(33)23-18-19-8-3-6-11-22(19)38-23)26(34)27(35)32(29)13-7-12-30-14-16-37-17-15-30/h3-6,8-11,18,34H,2,7,12-17H2,1H3/p+1/t29-/m0/s1. The van der Waals surface area contributed by atoms with Crippen LogP contribution < -0.4 is 9.80 Å². The second kappa shape index (κ2) is 9.41. The molecule has 0 aliphatic carbocycles. The van der Waals surface area contributed by atoms with Gasteiger partial charge in [0.05, 0.1) is 31.0 Å². The number of quaternary nitrogens is 1. The molecule has 0 unspecified atom stereocenters. The molecule has 0 bridgehead atoms. The minimum atomic E-state index is -1.76. The average Bonchev–Trinajstić information content (AvgIpc) is 3.55. The Bertz CT molecular complexity index is 1440. The highest BCUT2D eigenvalue weighted by Gasteiger charge is 2.65. The molecule has 2 N–H and O–H groups in total. The Morgan fingerprint density at radius 2 is 1.82 bits per heavy atom. The van der Waals surface area contributed by atoms with Gasteiger partial charge >= 0.3 is 0 Å². The van der Waals surface area contributed by atoms with Crippen molar-refractivity contribution in [2.45, 2.75) is 18.9 Å². The van der Waals surface area contributed by atoms with Gasteiger partial charge in [0, 0.05) is 30.5 Å². The maximum atomic E-state index is 14.3. The van der Waals surface area contributed by atoms with E-state index < -0.39 is 28.9 Å². The van der Waals surface area contributed by atoms with E-state index in [0.29, 0.717) is 48.4 Å². The molecule has 2 aromatic carbocycles. The van der Waals surface area contributed by atoms with Crippen molar-refractivity contribution in [2.75, 3.05) is 50.8 Å². The largest absolute Gasteiger partial charge is 0.503 e. The number of aliphatic hydroxyl groups is 1. The molecule has 3 aromatic rings. The highest BCUT2D eigenvalue weighted by Crippen LogP contribution is 2.53. The monoisotopic (exact) mass is 516 g/mol. The lowest BCUT2D eigenvalue weighted by Crippen LogP contribution is -3.14. The number of carbonyl (C=O) groups excluding carboxylic acids is 3. The summed E-state index contributed by atoms with van der Waals surface area (Å²) in [5.41, 5.74) is -0.352. The quantitative estimate of drug-likeness (QED) is 0.465. The zero-order valence-electron chi connectivity index (χ0n) is 21.2. The number of aliphatic hydroxyl groups excluding tert-OH is 1. The summed E-state index contributed by atoms with van der Waals surface area (Å²) in [6.45, 7) is 6.33. The number of ether oxygens (including phenoxy) is 1. The van der Waals surface area contributed by atoms with Crippen LogP contribution in [0.2, 0.25) is 0 Å². The summed E-state index contributed by atoms with van der Waals surface area (Å²) in [6, 6.07) is 15.9. The van der Waals surface area contributed by atoms with E-state index in [0.717, 1.165) is 19.6 Å². The van der Waals surface area contributed by atoms with Gasteiger partial charge in [-0.2, -0.15) is 0 Å². The van der Waals surface area contributed by atoms with E-state index in [9.17, 15) is 19.5 Å². The fourth-order valence-electron chi connectivity index (χ4n) is 6.10. The Balaban J connectivity index is 1.45. The Morgan fingerprint density at radius 3 is 2.58 bits per heavy atom. The highest BCUT2D eigenvalue weighted by atomic mass is 16.5. The smallest absolute Gasteiger partial charge is 0.290 e. The Morgan fingerprint density at radius 1 is 1.08 bits per heavy atom. The van der Waals surface area contributed by atoms with Gasteiger partial charge in [0.1, 0.15) is 18.7 Å². The first kappa shape index (κ1) is 24.4. The summed E-state index contributed by atoms with van der Waals surface area (Å²) >= 11 is 0. The van der Waals surface area contributed by atoms with Crippen LogP contribution >= 0.6 is 0 Å². The molecule has 9 heteroatoms. The molecule has 1 atom stereocenters. The SMILES string of the molecule is CCN1C(=O)[C@@]2(C(C(=O)c3cc4ccccc4o3)=C(O)C(=O)N2CCC[NH+]2CCOCC2)c2ccccc21. The van der Waals surface area contributed by atoms with Crippen LogP contribution in [0.15, 0.2) is 70.3 Å². The van der Waals surface area contributed by atoms with Crippen LogP contribution in [0.3, 0.4) is 0 Å². The van der Waals surface area contributed by atoms with Crippen molar-refractivity contribution in [2.24, 2.45) is 0 Å². The predicted molar refractivity (Wildman–Crippen MR) is 139 cm³/mol. The Labute approximate surface area is 219 Å². The molecule has 1 fully saturated rings. The molecule has 1 aromatic heterocycles. The van der Waals surface area contributed by atoms with E-state index in [1.807, 2.05) is 31.2 Å². The maximum absolute atomic E-state index is 14.3. The zero-order chi connectivity index (χ0) is 26.4. The number of rotatable bonds is 7. The minimum Gasteiger partial charge on any atom is -0.503 e. The van der Waals surface area contributed by atoms with Crippen molar-refractivity contribution in [3.8, 4) is 0 Å². The summed E-state index contributed by atoms with van der Waals surface area (Å²) in [5, 5.41) is 12.0. The maximum Gasteiger partial charge on any atom is 0.290 e. The lowest BCUT2D eigenvalue weighted by molar-refractivity contribution is -0.908. The Kier molecular flexibility index (Phi) is 6.04. The van der Waals surface area contributed by atoms with Gasteiger partial charge in [0.15, 0.2) is 17.1 Å². The molecule has 196 valence electrons. The molecule has 4 heterocycles. The molecule has 0 radical (unpaired) electrons. The molecule has 1 spiro atoms. The van der Waals surface area contributed by atoms with Crippen molar-refractivity contribution < 1.29 is 33.5 Å². The fraction of sp³-hybridized carbons (Fsp3) is 0.345. The van der Waals surface area contributed by atoms with Crippen LogP contribution in [0.1, 0.15) is 29.5 Å². The number of hydrogen-bond acceptors (Lipinski definition) is 6. The van der Waals surface area contributed by atoms with Crippen molar-refractivity contribution in [3.63, 3.8) is 0 Å². The molecular weight excluding hydrogens is 486 g/mol. The van der Waals surface area contributed by atoms with Gasteiger partial charge in [0.25, 0.3) is 11.8 Å². The van der Waals surface area contributed by atoms with Gasteiger partial charge in [0.2, 0.25) is 5.78 Å². The molecule has 6 rings (SSSR count). The van der Waals surface area contributed by atoms with Crippen molar-refractivity contribution in [3.05, 3.63) is 77.3 Å². The fourth-order valence-corrected chi connectivity index (χ4v) is 6.10. The van der Waals surface area contributed by atoms with Crippen molar-refractivity contribution >= 4 is 34.3 Å². The summed E-state index contributed by atoms with van der Waals surface area (Å²) < 4.78 is 11.3. The van der Waals surface area contributed by atoms with Gasteiger partial charge < -0.3 is 29.0 Å². The first-order valence-electron chi connectivity index (χ1n) is 13.1. The number of Topliss-reactive ketones (excluding diaryl/α,β-unsaturated/α-hetero) is 1. The number of fused-ring (bicyclic) bond motifs is 3. The van der Waals surface area contributed by atoms with E-state index in [1.165, 1.54) is 9.80 Å². The number of furan rings is 1. The summed E-state index contributed by atoms with van der Waals surface area (Å²) in [6.07, 6.45) is 0.601. The number of carbonyl (C=O) groups is 3.